The van der Waals surface area contributed by atoms with E-state index in [1.807, 2.05) is 13.8 Å². The predicted molar refractivity (Wildman–Crippen MR) is 95.3 cm³/mol. The van der Waals surface area contributed by atoms with Gasteiger partial charge in [-0.3, -0.25) is 9.59 Å². The second-order valence-corrected chi connectivity index (χ2v) is 7.16. The highest BCUT2D eigenvalue weighted by Crippen LogP contribution is 2.42. The van der Waals surface area contributed by atoms with Crippen LogP contribution in [0, 0.1) is 0 Å². The van der Waals surface area contributed by atoms with E-state index in [1.165, 1.54) is 12.1 Å². The first-order chi connectivity index (χ1) is 11.2. The Morgan fingerprint density at radius 2 is 1.83 bits per heavy atom. The average molecular weight is 389 g/mol. The zero-order chi connectivity index (χ0) is 17.6. The molecule has 1 heterocycles. The van der Waals surface area contributed by atoms with Gasteiger partial charge in [-0.15, -0.1) is 0 Å². The van der Waals surface area contributed by atoms with Crippen LogP contribution in [0.5, 0.6) is 5.75 Å². The van der Waals surface area contributed by atoms with E-state index in [1.54, 1.807) is 36.2 Å². The summed E-state index contributed by atoms with van der Waals surface area (Å²) in [6.07, 6.45) is 0. The Kier molecular flexibility index (Phi) is 3.87. The van der Waals surface area contributed by atoms with Crippen LogP contribution in [-0.2, 0) is 5.54 Å². The van der Waals surface area contributed by atoms with Crippen molar-refractivity contribution in [3.8, 4) is 5.75 Å². The molecular formula is C18H17BrN2O3. The third-order valence-corrected chi connectivity index (χ3v) is 5.09. The highest BCUT2D eigenvalue weighted by Gasteiger charge is 2.42. The molecule has 0 fully saturated rings. The molecule has 5 nitrogen and oxygen atoms in total. The van der Waals surface area contributed by atoms with Crippen LogP contribution in [-0.4, -0.2) is 28.9 Å². The molecule has 0 unspecified atom stereocenters. The van der Waals surface area contributed by atoms with E-state index in [0.717, 1.165) is 10.0 Å². The molecule has 1 aliphatic heterocycles. The summed E-state index contributed by atoms with van der Waals surface area (Å²) in [4.78, 5) is 26.6. The van der Waals surface area contributed by atoms with Crippen LogP contribution >= 0.6 is 15.9 Å². The van der Waals surface area contributed by atoms with Crippen molar-refractivity contribution in [3.05, 3.63) is 57.6 Å². The molecule has 124 valence electrons. The summed E-state index contributed by atoms with van der Waals surface area (Å²) in [5, 5.41) is 12.0. The number of anilines is 1. The van der Waals surface area contributed by atoms with E-state index < -0.39 is 5.54 Å². The molecule has 2 aromatic rings. The number of rotatable bonds is 2. The Balaban J connectivity index is 1.97. The molecule has 0 atom stereocenters. The standard InChI is InChI=1S/C18H17BrN2O3/c1-18(2)15-13(17(24)21(18)3)8-10(9-14(15)19)16(23)20-11-4-6-12(22)7-5-11/h4-9,22H,1-3H3,(H,20,23). The van der Waals surface area contributed by atoms with Gasteiger partial charge in [-0.2, -0.15) is 0 Å². The van der Waals surface area contributed by atoms with Gasteiger partial charge in [0.15, 0.2) is 0 Å². The molecular weight excluding hydrogens is 372 g/mol. The molecule has 2 aromatic carbocycles. The van der Waals surface area contributed by atoms with Gasteiger partial charge >= 0.3 is 0 Å². The summed E-state index contributed by atoms with van der Waals surface area (Å²) >= 11 is 3.50. The van der Waals surface area contributed by atoms with Gasteiger partial charge in [0, 0.05) is 33.9 Å². The topological polar surface area (TPSA) is 69.6 Å². The maximum absolute atomic E-state index is 12.5. The summed E-state index contributed by atoms with van der Waals surface area (Å²) in [7, 11) is 1.75. The van der Waals surface area contributed by atoms with Gasteiger partial charge in [-0.05, 0) is 50.2 Å². The Hall–Kier alpha value is -2.34. The van der Waals surface area contributed by atoms with Crippen molar-refractivity contribution >= 4 is 33.4 Å². The first-order valence-corrected chi connectivity index (χ1v) is 8.23. The van der Waals surface area contributed by atoms with Crippen LogP contribution in [0.3, 0.4) is 0 Å². The number of phenolic OH excluding ortho intramolecular Hbond substituents is 1. The van der Waals surface area contributed by atoms with Crippen molar-refractivity contribution in [3.63, 3.8) is 0 Å². The van der Waals surface area contributed by atoms with E-state index in [4.69, 9.17) is 0 Å². The normalized spacial score (nSPS) is 15.3. The fourth-order valence-corrected chi connectivity index (χ4v) is 3.82. The third-order valence-electron chi connectivity index (χ3n) is 4.46. The third kappa shape index (κ3) is 2.57. The van der Waals surface area contributed by atoms with Gasteiger partial charge in [0.25, 0.3) is 11.8 Å². The molecule has 0 bridgehead atoms. The van der Waals surface area contributed by atoms with Crippen molar-refractivity contribution in [1.29, 1.82) is 0 Å². The second-order valence-electron chi connectivity index (χ2n) is 6.30. The van der Waals surface area contributed by atoms with Gasteiger partial charge in [-0.1, -0.05) is 15.9 Å². The summed E-state index contributed by atoms with van der Waals surface area (Å²) < 4.78 is 0.735. The Morgan fingerprint density at radius 3 is 2.46 bits per heavy atom. The van der Waals surface area contributed by atoms with Gasteiger partial charge < -0.3 is 15.3 Å². The fourth-order valence-electron chi connectivity index (χ4n) is 2.88. The monoisotopic (exact) mass is 388 g/mol. The zero-order valence-corrected chi connectivity index (χ0v) is 15.1. The summed E-state index contributed by atoms with van der Waals surface area (Å²) in [5.41, 5.74) is 1.95. The number of nitrogens with one attached hydrogen (secondary N) is 1. The van der Waals surface area contributed by atoms with E-state index in [-0.39, 0.29) is 17.6 Å². The maximum Gasteiger partial charge on any atom is 0.255 e. The minimum absolute atomic E-state index is 0.102. The summed E-state index contributed by atoms with van der Waals surface area (Å²) in [6, 6.07) is 9.56. The maximum atomic E-state index is 12.5. The molecule has 0 radical (unpaired) electrons. The smallest absolute Gasteiger partial charge is 0.255 e. The zero-order valence-electron chi connectivity index (χ0n) is 13.6. The average Bonchev–Trinajstić information content (AvgIpc) is 2.70. The first-order valence-electron chi connectivity index (χ1n) is 7.44. The number of hydrogen-bond donors (Lipinski definition) is 2. The minimum atomic E-state index is -0.433. The van der Waals surface area contributed by atoms with E-state index >= 15 is 0 Å². The first kappa shape index (κ1) is 16.5. The van der Waals surface area contributed by atoms with Crippen LogP contribution in [0.2, 0.25) is 0 Å². The van der Waals surface area contributed by atoms with Crippen molar-refractivity contribution in [2.24, 2.45) is 0 Å². The SMILES string of the molecule is CN1C(=O)c2cc(C(=O)Nc3ccc(O)cc3)cc(Br)c2C1(C)C. The van der Waals surface area contributed by atoms with Crippen LogP contribution < -0.4 is 5.32 Å². The van der Waals surface area contributed by atoms with E-state index in [0.29, 0.717) is 16.8 Å². The van der Waals surface area contributed by atoms with Crippen LogP contribution in [0.1, 0.15) is 40.1 Å². The van der Waals surface area contributed by atoms with Crippen molar-refractivity contribution in [2.75, 3.05) is 12.4 Å². The largest absolute Gasteiger partial charge is 0.508 e. The lowest BCUT2D eigenvalue weighted by Gasteiger charge is -2.29. The minimum Gasteiger partial charge on any atom is -0.508 e. The van der Waals surface area contributed by atoms with Crippen molar-refractivity contribution in [2.45, 2.75) is 19.4 Å². The van der Waals surface area contributed by atoms with Gasteiger partial charge in [0.2, 0.25) is 0 Å². The number of halogens is 1. The number of benzene rings is 2. The molecule has 1 aliphatic rings. The molecule has 0 aliphatic carbocycles. The molecule has 2 N–H and O–H groups in total. The Labute approximate surface area is 148 Å². The molecule has 24 heavy (non-hydrogen) atoms. The van der Waals surface area contributed by atoms with Gasteiger partial charge in [0.05, 0.1) is 5.54 Å². The van der Waals surface area contributed by atoms with Crippen LogP contribution in [0.15, 0.2) is 40.9 Å². The highest BCUT2D eigenvalue weighted by molar-refractivity contribution is 9.10. The molecule has 3 rings (SSSR count). The quantitative estimate of drug-likeness (QED) is 0.770. The lowest BCUT2D eigenvalue weighted by atomic mass is 9.92. The number of carbonyl (C=O) groups excluding carboxylic acids is 2. The number of hydrogen-bond acceptors (Lipinski definition) is 3. The number of phenols is 1. The second kappa shape index (κ2) is 5.63. The Morgan fingerprint density at radius 1 is 1.21 bits per heavy atom. The van der Waals surface area contributed by atoms with Gasteiger partial charge in [-0.25, -0.2) is 0 Å². The molecule has 0 aromatic heterocycles. The van der Waals surface area contributed by atoms with Crippen LogP contribution in [0.4, 0.5) is 5.69 Å². The van der Waals surface area contributed by atoms with E-state index in [2.05, 4.69) is 21.2 Å². The highest BCUT2D eigenvalue weighted by atomic mass is 79.9. The molecule has 0 spiro atoms. The molecule has 0 saturated carbocycles. The van der Waals surface area contributed by atoms with Crippen molar-refractivity contribution in [1.82, 2.24) is 4.90 Å². The number of aromatic hydroxyl groups is 1. The number of carbonyl (C=O) groups is 2. The summed E-state index contributed by atoms with van der Waals surface area (Å²) in [6.45, 7) is 3.94. The molecule has 2 amide bonds. The molecule has 0 saturated heterocycles. The van der Waals surface area contributed by atoms with Gasteiger partial charge in [0.1, 0.15) is 5.75 Å². The lowest BCUT2D eigenvalue weighted by Crippen LogP contribution is -2.35. The Bertz CT molecular complexity index is 844. The number of amides is 2. The fraction of sp³-hybridized carbons (Fsp3) is 0.222. The predicted octanol–water partition coefficient (Wildman–Crippen LogP) is 3.73. The molecule has 6 heteroatoms. The number of fused-ring (bicyclic) bond motifs is 1. The van der Waals surface area contributed by atoms with Crippen LogP contribution in [0.25, 0.3) is 0 Å². The lowest BCUT2D eigenvalue weighted by molar-refractivity contribution is 0.0690. The van der Waals surface area contributed by atoms with E-state index in [9.17, 15) is 14.7 Å². The van der Waals surface area contributed by atoms with Crippen molar-refractivity contribution < 1.29 is 14.7 Å². The summed E-state index contributed by atoms with van der Waals surface area (Å²) in [5.74, 6) is -0.288. The number of nitrogens with zero attached hydrogens (tertiary/aromatic N) is 1.